The first-order chi connectivity index (χ1) is 13.4. The molecular weight excluding hydrogens is 432 g/mol. The van der Waals surface area contributed by atoms with Crippen LogP contribution in [-0.4, -0.2) is 39.4 Å². The van der Waals surface area contributed by atoms with Crippen LogP contribution in [-0.2, 0) is 9.47 Å². The highest BCUT2D eigenvalue weighted by Gasteiger charge is 2.39. The van der Waals surface area contributed by atoms with Crippen molar-refractivity contribution in [1.29, 1.82) is 0 Å². The third-order valence-corrected chi connectivity index (χ3v) is 4.72. The highest BCUT2D eigenvalue weighted by atomic mass is 79.9. The van der Waals surface area contributed by atoms with E-state index in [9.17, 15) is 19.5 Å². The summed E-state index contributed by atoms with van der Waals surface area (Å²) in [4.78, 5) is 40.1. The largest absolute Gasteiger partial charge is 0.456 e. The van der Waals surface area contributed by atoms with E-state index in [1.807, 2.05) is 6.92 Å². The molecule has 0 saturated carbocycles. The van der Waals surface area contributed by atoms with E-state index in [4.69, 9.17) is 9.47 Å². The van der Waals surface area contributed by atoms with Crippen molar-refractivity contribution in [1.82, 2.24) is 9.55 Å². The molecule has 1 aliphatic rings. The van der Waals surface area contributed by atoms with E-state index >= 15 is 0 Å². The van der Waals surface area contributed by atoms with Crippen LogP contribution in [0.25, 0.3) is 6.08 Å². The predicted molar refractivity (Wildman–Crippen MR) is 105 cm³/mol. The van der Waals surface area contributed by atoms with Crippen molar-refractivity contribution in [3.63, 3.8) is 0 Å². The first-order valence-electron chi connectivity index (χ1n) is 8.59. The van der Waals surface area contributed by atoms with Crippen molar-refractivity contribution >= 4 is 28.0 Å². The van der Waals surface area contributed by atoms with Gasteiger partial charge < -0.3 is 14.6 Å². The zero-order valence-corrected chi connectivity index (χ0v) is 16.6. The second kappa shape index (κ2) is 8.68. The van der Waals surface area contributed by atoms with Crippen LogP contribution in [0, 0.1) is 6.92 Å². The van der Waals surface area contributed by atoms with Gasteiger partial charge in [0, 0.05) is 12.6 Å². The standard InChI is InChI=1S/C19H19BrN2O6/c1-11-2-4-12(5-3-11)18(25)28-14-8-16(27-15(14)10-23)22-9-13(6-7-20)17(24)21-19(22)26/h2-7,9,14-16,23H,8,10H2,1H3,(H,21,24,26)/t14-,15+,16+/m0/s1. The average molecular weight is 451 g/mol. The minimum absolute atomic E-state index is 0.159. The maximum atomic E-state index is 12.4. The van der Waals surface area contributed by atoms with Crippen LogP contribution >= 0.6 is 15.9 Å². The lowest BCUT2D eigenvalue weighted by atomic mass is 10.1. The molecule has 0 radical (unpaired) electrons. The van der Waals surface area contributed by atoms with E-state index < -0.39 is 35.7 Å². The molecule has 0 amide bonds. The number of rotatable bonds is 5. The summed E-state index contributed by atoms with van der Waals surface area (Å²) in [6.45, 7) is 1.53. The molecule has 0 spiro atoms. The fourth-order valence-electron chi connectivity index (χ4n) is 2.96. The molecule has 2 N–H and O–H groups in total. The van der Waals surface area contributed by atoms with Crippen LogP contribution in [0.4, 0.5) is 0 Å². The summed E-state index contributed by atoms with van der Waals surface area (Å²) in [5.41, 5.74) is 0.470. The van der Waals surface area contributed by atoms with Gasteiger partial charge in [-0.15, -0.1) is 0 Å². The molecule has 3 rings (SSSR count). The van der Waals surface area contributed by atoms with Crippen molar-refractivity contribution in [2.24, 2.45) is 0 Å². The van der Waals surface area contributed by atoms with Gasteiger partial charge in [-0.3, -0.25) is 14.3 Å². The van der Waals surface area contributed by atoms with Crippen molar-refractivity contribution in [2.45, 2.75) is 31.8 Å². The zero-order valence-electron chi connectivity index (χ0n) is 15.0. The van der Waals surface area contributed by atoms with Crippen LogP contribution in [0.15, 0.2) is 45.0 Å². The Morgan fingerprint density at radius 2 is 2.11 bits per heavy atom. The van der Waals surface area contributed by atoms with E-state index in [1.165, 1.54) is 21.8 Å². The van der Waals surface area contributed by atoms with Crippen molar-refractivity contribution in [3.8, 4) is 0 Å². The zero-order chi connectivity index (χ0) is 20.3. The summed E-state index contributed by atoms with van der Waals surface area (Å²) in [5, 5.41) is 9.59. The van der Waals surface area contributed by atoms with Crippen LogP contribution in [0.1, 0.15) is 34.1 Å². The fraction of sp³-hybridized carbons (Fsp3) is 0.316. The number of ether oxygens (including phenoxy) is 2. The van der Waals surface area contributed by atoms with Gasteiger partial charge in [-0.05, 0) is 30.1 Å². The number of esters is 1. The minimum Gasteiger partial charge on any atom is -0.456 e. The Bertz CT molecular complexity index is 995. The van der Waals surface area contributed by atoms with Gasteiger partial charge >= 0.3 is 11.7 Å². The molecule has 8 nitrogen and oxygen atoms in total. The molecule has 3 atom stereocenters. The van der Waals surface area contributed by atoms with E-state index in [0.29, 0.717) is 5.56 Å². The summed E-state index contributed by atoms with van der Waals surface area (Å²) in [6, 6.07) is 6.91. The summed E-state index contributed by atoms with van der Waals surface area (Å²) >= 11 is 3.09. The molecule has 28 heavy (non-hydrogen) atoms. The van der Waals surface area contributed by atoms with Crippen LogP contribution in [0.2, 0.25) is 0 Å². The lowest BCUT2D eigenvalue weighted by Gasteiger charge is -2.16. The molecule has 2 aromatic rings. The quantitative estimate of drug-likeness (QED) is 0.670. The molecule has 2 heterocycles. The second-order valence-electron chi connectivity index (χ2n) is 6.40. The molecular formula is C19H19BrN2O6. The molecule has 1 aromatic heterocycles. The minimum atomic E-state index is -0.792. The number of aliphatic hydroxyl groups excluding tert-OH is 1. The number of aryl methyl sites for hydroxylation is 1. The lowest BCUT2D eigenvalue weighted by molar-refractivity contribution is -0.0521. The number of aromatic amines is 1. The van der Waals surface area contributed by atoms with Gasteiger partial charge in [0.25, 0.3) is 5.56 Å². The highest BCUT2D eigenvalue weighted by molar-refractivity contribution is 9.11. The van der Waals surface area contributed by atoms with Gasteiger partial charge in [-0.2, -0.15) is 0 Å². The normalized spacial score (nSPS) is 21.9. The Morgan fingerprint density at radius 3 is 2.75 bits per heavy atom. The Labute approximate surface area is 168 Å². The third-order valence-electron chi connectivity index (χ3n) is 4.45. The number of aliphatic hydroxyl groups is 1. The van der Waals surface area contributed by atoms with E-state index in [-0.39, 0.29) is 18.6 Å². The molecule has 1 saturated heterocycles. The number of aromatic nitrogens is 2. The molecule has 1 aromatic carbocycles. The molecule has 0 bridgehead atoms. The first-order valence-corrected chi connectivity index (χ1v) is 9.50. The lowest BCUT2D eigenvalue weighted by Crippen LogP contribution is -2.33. The smallest absolute Gasteiger partial charge is 0.338 e. The Morgan fingerprint density at radius 1 is 1.39 bits per heavy atom. The monoisotopic (exact) mass is 450 g/mol. The Balaban J connectivity index is 1.81. The maximum Gasteiger partial charge on any atom is 0.338 e. The third kappa shape index (κ3) is 4.32. The molecule has 0 aliphatic carbocycles. The SMILES string of the molecule is Cc1ccc(C(=O)O[C@H]2C[C@H](n3cc(C=CBr)c(=O)[nH]c3=O)O[C@@H]2CO)cc1. The number of carbonyl (C=O) groups excluding carboxylic acids is 1. The summed E-state index contributed by atoms with van der Waals surface area (Å²) in [6.07, 6.45) is 0.697. The molecule has 0 unspecified atom stereocenters. The number of nitrogens with zero attached hydrogens (tertiary/aromatic N) is 1. The number of halogens is 1. The summed E-state index contributed by atoms with van der Waals surface area (Å²) in [5.74, 6) is -0.538. The number of nitrogens with one attached hydrogen (secondary N) is 1. The Kier molecular flexibility index (Phi) is 6.28. The molecule has 148 valence electrons. The number of H-pyrrole nitrogens is 1. The molecule has 1 fully saturated rings. The van der Waals surface area contributed by atoms with Gasteiger partial charge in [0.2, 0.25) is 0 Å². The molecule has 9 heteroatoms. The average Bonchev–Trinajstić information content (AvgIpc) is 3.07. The Hall–Kier alpha value is -2.49. The first kappa shape index (κ1) is 20.2. The van der Waals surface area contributed by atoms with E-state index in [0.717, 1.165) is 5.56 Å². The van der Waals surface area contributed by atoms with Gasteiger partial charge in [-0.25, -0.2) is 9.59 Å². The number of hydrogen-bond donors (Lipinski definition) is 2. The van der Waals surface area contributed by atoms with Crippen LogP contribution in [0.3, 0.4) is 0 Å². The topological polar surface area (TPSA) is 111 Å². The number of benzene rings is 1. The van der Waals surface area contributed by atoms with E-state index in [2.05, 4.69) is 20.9 Å². The van der Waals surface area contributed by atoms with Crippen LogP contribution in [0.5, 0.6) is 0 Å². The summed E-state index contributed by atoms with van der Waals surface area (Å²) < 4.78 is 12.4. The predicted octanol–water partition coefficient (Wildman–Crippen LogP) is 1.72. The van der Waals surface area contributed by atoms with Crippen molar-refractivity contribution < 1.29 is 19.4 Å². The summed E-state index contributed by atoms with van der Waals surface area (Å²) in [7, 11) is 0. The van der Waals surface area contributed by atoms with Gasteiger partial charge in [0.1, 0.15) is 18.4 Å². The van der Waals surface area contributed by atoms with Gasteiger partial charge in [-0.1, -0.05) is 33.6 Å². The van der Waals surface area contributed by atoms with Crippen molar-refractivity contribution in [2.75, 3.05) is 6.61 Å². The number of hydrogen-bond acceptors (Lipinski definition) is 6. The molecule has 1 aliphatic heterocycles. The van der Waals surface area contributed by atoms with Gasteiger partial charge in [0.05, 0.1) is 17.7 Å². The highest BCUT2D eigenvalue weighted by Crippen LogP contribution is 2.30. The second-order valence-corrected chi connectivity index (χ2v) is 6.93. The number of carbonyl (C=O) groups is 1. The fourth-order valence-corrected chi connectivity index (χ4v) is 3.24. The van der Waals surface area contributed by atoms with E-state index in [1.54, 1.807) is 24.3 Å². The van der Waals surface area contributed by atoms with Crippen molar-refractivity contribution in [3.05, 3.63) is 73.0 Å². The maximum absolute atomic E-state index is 12.4. The van der Waals surface area contributed by atoms with Crippen LogP contribution < -0.4 is 11.2 Å². The van der Waals surface area contributed by atoms with Gasteiger partial charge in [0.15, 0.2) is 0 Å².